The summed E-state index contributed by atoms with van der Waals surface area (Å²) in [4.78, 5) is 38.6. The van der Waals surface area contributed by atoms with E-state index in [1.165, 1.54) is 4.90 Å². The van der Waals surface area contributed by atoms with Gasteiger partial charge in [0.15, 0.2) is 0 Å². The second-order valence-electron chi connectivity index (χ2n) is 7.55. The van der Waals surface area contributed by atoms with E-state index in [1.54, 1.807) is 0 Å². The van der Waals surface area contributed by atoms with Gasteiger partial charge in [-0.2, -0.15) is 0 Å². The standard InChI is InChI=1S/C21H24N2O4/c1-13(18-12-14-6-2-5-9-17(14)27-18)22-19(24)10-11-23-20(25)15-7-3-4-8-16(15)21(23)26/h2,5-6,9,12-13,15-16H,3-4,7-8,10-11H2,1H3,(H,22,24). The van der Waals surface area contributed by atoms with Gasteiger partial charge in [0.05, 0.1) is 17.9 Å². The van der Waals surface area contributed by atoms with Crippen molar-refractivity contribution in [2.24, 2.45) is 11.8 Å². The van der Waals surface area contributed by atoms with Crippen LogP contribution in [-0.4, -0.2) is 29.2 Å². The minimum atomic E-state index is -0.280. The summed E-state index contributed by atoms with van der Waals surface area (Å²) >= 11 is 0. The van der Waals surface area contributed by atoms with E-state index in [0.717, 1.165) is 36.7 Å². The second-order valence-corrected chi connectivity index (χ2v) is 7.55. The molecule has 0 radical (unpaired) electrons. The molecule has 0 bridgehead atoms. The number of likely N-dealkylation sites (tertiary alicyclic amines) is 1. The van der Waals surface area contributed by atoms with Gasteiger partial charge in [-0.05, 0) is 31.9 Å². The van der Waals surface area contributed by atoms with Crippen molar-refractivity contribution in [3.8, 4) is 0 Å². The second kappa shape index (κ2) is 7.18. The summed E-state index contributed by atoms with van der Waals surface area (Å²) in [6, 6.07) is 9.32. The monoisotopic (exact) mass is 368 g/mol. The third-order valence-electron chi connectivity index (χ3n) is 5.74. The lowest BCUT2D eigenvalue weighted by atomic mass is 9.81. The Kier molecular flexibility index (Phi) is 4.72. The SMILES string of the molecule is CC(NC(=O)CCN1C(=O)C2CCCCC2C1=O)c1cc2ccccc2o1. The Labute approximate surface area is 157 Å². The Bertz CT molecular complexity index is 830. The molecule has 4 rings (SSSR count). The fraction of sp³-hybridized carbons (Fsp3) is 0.476. The number of rotatable bonds is 5. The van der Waals surface area contributed by atoms with Crippen LogP contribution >= 0.6 is 0 Å². The highest BCUT2D eigenvalue weighted by atomic mass is 16.3. The molecular formula is C21H24N2O4. The van der Waals surface area contributed by atoms with E-state index in [1.807, 2.05) is 37.3 Å². The van der Waals surface area contributed by atoms with Crippen LogP contribution in [0, 0.1) is 11.8 Å². The zero-order valence-electron chi connectivity index (χ0n) is 15.4. The number of benzene rings is 1. The number of fused-ring (bicyclic) bond motifs is 2. The molecule has 2 heterocycles. The molecule has 1 saturated heterocycles. The third kappa shape index (κ3) is 3.36. The smallest absolute Gasteiger partial charge is 0.233 e. The Hall–Kier alpha value is -2.63. The Morgan fingerprint density at radius 2 is 1.85 bits per heavy atom. The van der Waals surface area contributed by atoms with Gasteiger partial charge in [0, 0.05) is 18.4 Å². The van der Waals surface area contributed by atoms with Crippen LogP contribution in [0.25, 0.3) is 11.0 Å². The van der Waals surface area contributed by atoms with Crippen LogP contribution in [0.15, 0.2) is 34.7 Å². The van der Waals surface area contributed by atoms with E-state index >= 15 is 0 Å². The molecule has 27 heavy (non-hydrogen) atoms. The molecule has 1 aromatic carbocycles. The molecule has 1 aliphatic carbocycles. The van der Waals surface area contributed by atoms with E-state index in [0.29, 0.717) is 5.76 Å². The van der Waals surface area contributed by atoms with Gasteiger partial charge in [-0.25, -0.2) is 0 Å². The van der Waals surface area contributed by atoms with Gasteiger partial charge in [0.25, 0.3) is 0 Å². The molecule has 1 aliphatic heterocycles. The summed E-state index contributed by atoms with van der Waals surface area (Å²) in [6.45, 7) is 2.01. The van der Waals surface area contributed by atoms with Gasteiger partial charge < -0.3 is 9.73 Å². The maximum atomic E-state index is 12.5. The summed E-state index contributed by atoms with van der Waals surface area (Å²) < 4.78 is 5.77. The number of nitrogens with one attached hydrogen (secondary N) is 1. The minimum absolute atomic E-state index is 0.0946. The van der Waals surface area contributed by atoms with Crippen molar-refractivity contribution in [2.45, 2.75) is 45.1 Å². The zero-order chi connectivity index (χ0) is 19.0. The highest BCUT2D eigenvalue weighted by Crippen LogP contribution is 2.38. The fourth-order valence-corrected chi connectivity index (χ4v) is 4.27. The first-order chi connectivity index (χ1) is 13.0. The number of hydrogen-bond donors (Lipinski definition) is 1. The van der Waals surface area contributed by atoms with E-state index in [4.69, 9.17) is 4.42 Å². The van der Waals surface area contributed by atoms with Crippen LogP contribution in [-0.2, 0) is 14.4 Å². The van der Waals surface area contributed by atoms with Gasteiger partial charge in [0.2, 0.25) is 17.7 Å². The maximum Gasteiger partial charge on any atom is 0.233 e. The molecule has 6 heteroatoms. The number of carbonyl (C=O) groups is 3. The molecule has 3 amide bonds. The van der Waals surface area contributed by atoms with Crippen molar-refractivity contribution >= 4 is 28.7 Å². The highest BCUT2D eigenvalue weighted by molar-refractivity contribution is 6.05. The lowest BCUT2D eigenvalue weighted by Crippen LogP contribution is -2.36. The van der Waals surface area contributed by atoms with E-state index in [-0.39, 0.29) is 48.6 Å². The minimum Gasteiger partial charge on any atom is -0.459 e. The predicted molar refractivity (Wildman–Crippen MR) is 99.6 cm³/mol. The quantitative estimate of drug-likeness (QED) is 0.822. The zero-order valence-corrected chi connectivity index (χ0v) is 15.4. The maximum absolute atomic E-state index is 12.5. The number of carbonyl (C=O) groups excluding carboxylic acids is 3. The van der Waals surface area contributed by atoms with Crippen LogP contribution in [0.5, 0.6) is 0 Å². The number of amides is 3. The topological polar surface area (TPSA) is 79.6 Å². The van der Waals surface area contributed by atoms with Gasteiger partial charge in [-0.1, -0.05) is 31.0 Å². The van der Waals surface area contributed by atoms with Crippen LogP contribution < -0.4 is 5.32 Å². The molecule has 0 spiro atoms. The summed E-state index contributed by atoms with van der Waals surface area (Å²) in [5, 5.41) is 3.88. The molecule has 3 unspecified atom stereocenters. The molecule has 3 atom stereocenters. The molecule has 1 N–H and O–H groups in total. The van der Waals surface area contributed by atoms with Crippen molar-refractivity contribution in [1.82, 2.24) is 10.2 Å². The summed E-state index contributed by atoms with van der Waals surface area (Å²) in [6.07, 6.45) is 3.70. The largest absolute Gasteiger partial charge is 0.459 e. The molecule has 6 nitrogen and oxygen atoms in total. The third-order valence-corrected chi connectivity index (χ3v) is 5.74. The van der Waals surface area contributed by atoms with Crippen molar-refractivity contribution in [1.29, 1.82) is 0 Å². The average molecular weight is 368 g/mol. The average Bonchev–Trinajstić information content (AvgIpc) is 3.21. The summed E-state index contributed by atoms with van der Waals surface area (Å²) in [5.41, 5.74) is 0.782. The van der Waals surface area contributed by atoms with Crippen LogP contribution in [0.1, 0.15) is 50.8 Å². The Balaban J connectivity index is 1.34. The van der Waals surface area contributed by atoms with Crippen molar-refractivity contribution in [2.75, 3.05) is 6.54 Å². The van der Waals surface area contributed by atoms with Gasteiger partial charge in [0.1, 0.15) is 11.3 Å². The predicted octanol–water partition coefficient (Wildman–Crippen LogP) is 3.18. The molecule has 1 saturated carbocycles. The van der Waals surface area contributed by atoms with Gasteiger partial charge in [-0.3, -0.25) is 19.3 Å². The van der Waals surface area contributed by atoms with E-state index in [2.05, 4.69) is 5.32 Å². The fourth-order valence-electron chi connectivity index (χ4n) is 4.27. The van der Waals surface area contributed by atoms with Crippen molar-refractivity contribution in [3.05, 3.63) is 36.1 Å². The van der Waals surface area contributed by atoms with Crippen LogP contribution in [0.4, 0.5) is 0 Å². The van der Waals surface area contributed by atoms with Gasteiger partial charge >= 0.3 is 0 Å². The highest BCUT2D eigenvalue weighted by Gasteiger charge is 2.47. The first-order valence-corrected chi connectivity index (χ1v) is 9.67. The molecule has 2 fully saturated rings. The number of furan rings is 1. The van der Waals surface area contributed by atoms with Crippen molar-refractivity contribution in [3.63, 3.8) is 0 Å². The first kappa shape index (κ1) is 17.8. The normalized spacial score (nSPS) is 23.5. The molecular weight excluding hydrogens is 344 g/mol. The van der Waals surface area contributed by atoms with Crippen LogP contribution in [0.3, 0.4) is 0 Å². The Morgan fingerprint density at radius 3 is 2.52 bits per heavy atom. The molecule has 2 aromatic rings. The van der Waals surface area contributed by atoms with Crippen molar-refractivity contribution < 1.29 is 18.8 Å². The number of nitrogens with zero attached hydrogens (tertiary/aromatic N) is 1. The van der Waals surface area contributed by atoms with E-state index in [9.17, 15) is 14.4 Å². The molecule has 142 valence electrons. The number of imide groups is 1. The number of hydrogen-bond acceptors (Lipinski definition) is 4. The van der Waals surface area contributed by atoms with E-state index < -0.39 is 0 Å². The molecule has 1 aromatic heterocycles. The van der Waals surface area contributed by atoms with Crippen LogP contribution in [0.2, 0.25) is 0 Å². The van der Waals surface area contributed by atoms with Gasteiger partial charge in [-0.15, -0.1) is 0 Å². The lowest BCUT2D eigenvalue weighted by Gasteiger charge is -2.19. The summed E-state index contributed by atoms with van der Waals surface area (Å²) in [5.74, 6) is -0.0273. The first-order valence-electron chi connectivity index (χ1n) is 9.67. The summed E-state index contributed by atoms with van der Waals surface area (Å²) in [7, 11) is 0. The number of para-hydroxylation sites is 1. The lowest BCUT2D eigenvalue weighted by molar-refractivity contribution is -0.140. The molecule has 2 aliphatic rings. The Morgan fingerprint density at radius 1 is 1.19 bits per heavy atom.